The van der Waals surface area contributed by atoms with Crippen LogP contribution in [0.2, 0.25) is 0 Å². The molecule has 20 heavy (non-hydrogen) atoms. The van der Waals surface area contributed by atoms with Gasteiger partial charge in [0, 0.05) is 38.9 Å². The number of pyridine rings is 1. The first-order valence-corrected chi connectivity index (χ1v) is 7.24. The number of nitrogens with two attached hydrogens (primary N) is 1. The number of hydrogen-bond donors (Lipinski definition) is 1. The van der Waals surface area contributed by atoms with Crippen LogP contribution in [0.1, 0.15) is 19.5 Å². The van der Waals surface area contributed by atoms with Crippen LogP contribution in [0.25, 0.3) is 0 Å². The lowest BCUT2D eigenvalue weighted by Gasteiger charge is -2.36. The molecule has 1 fully saturated rings. The fourth-order valence-electron chi connectivity index (χ4n) is 2.34. The smallest absolute Gasteiger partial charge is 0.239 e. The molecule has 110 valence electrons. The second kappa shape index (κ2) is 6.81. The van der Waals surface area contributed by atoms with E-state index in [-0.39, 0.29) is 17.9 Å². The Morgan fingerprint density at radius 2 is 2.00 bits per heavy atom. The van der Waals surface area contributed by atoms with E-state index in [9.17, 15) is 4.79 Å². The Bertz CT molecular complexity index is 427. The standard InChI is InChI=1S/C15H24N4O/c1-12(2)14(16)15(20)19-9-7-18(8-10-19)11-13-5-3-4-6-17-13/h3-6,12,14H,7-11,16H2,1-2H3. The molecule has 0 spiro atoms. The molecule has 1 saturated heterocycles. The minimum absolute atomic E-state index is 0.0810. The van der Waals surface area contributed by atoms with Crippen LogP contribution in [0.15, 0.2) is 24.4 Å². The van der Waals surface area contributed by atoms with Crippen molar-refractivity contribution in [2.24, 2.45) is 11.7 Å². The monoisotopic (exact) mass is 276 g/mol. The molecule has 5 nitrogen and oxygen atoms in total. The summed E-state index contributed by atoms with van der Waals surface area (Å²) in [6.07, 6.45) is 1.82. The van der Waals surface area contributed by atoms with E-state index in [1.54, 1.807) is 0 Å². The number of nitrogens with zero attached hydrogens (tertiary/aromatic N) is 3. The molecule has 1 atom stereocenters. The van der Waals surface area contributed by atoms with E-state index >= 15 is 0 Å². The van der Waals surface area contributed by atoms with Crippen molar-refractivity contribution in [3.63, 3.8) is 0 Å². The van der Waals surface area contributed by atoms with Crippen molar-refractivity contribution in [1.29, 1.82) is 0 Å². The highest BCUT2D eigenvalue weighted by Gasteiger charge is 2.26. The van der Waals surface area contributed by atoms with E-state index in [0.717, 1.165) is 38.4 Å². The number of piperazine rings is 1. The third-order valence-electron chi connectivity index (χ3n) is 3.80. The number of aromatic nitrogens is 1. The van der Waals surface area contributed by atoms with Crippen molar-refractivity contribution in [2.75, 3.05) is 26.2 Å². The first-order valence-electron chi connectivity index (χ1n) is 7.24. The van der Waals surface area contributed by atoms with Gasteiger partial charge in [0.1, 0.15) is 0 Å². The number of rotatable bonds is 4. The van der Waals surface area contributed by atoms with Gasteiger partial charge in [-0.15, -0.1) is 0 Å². The number of amides is 1. The summed E-state index contributed by atoms with van der Waals surface area (Å²) in [6, 6.07) is 5.58. The molecule has 1 unspecified atom stereocenters. The van der Waals surface area contributed by atoms with Crippen molar-refractivity contribution in [1.82, 2.24) is 14.8 Å². The van der Waals surface area contributed by atoms with Crippen LogP contribution < -0.4 is 5.73 Å². The third kappa shape index (κ3) is 3.77. The molecule has 0 aliphatic carbocycles. The molecule has 0 radical (unpaired) electrons. The van der Waals surface area contributed by atoms with Crippen LogP contribution in [0.4, 0.5) is 0 Å². The van der Waals surface area contributed by atoms with Crippen LogP contribution in [-0.2, 0) is 11.3 Å². The zero-order chi connectivity index (χ0) is 14.5. The van der Waals surface area contributed by atoms with E-state index in [2.05, 4.69) is 9.88 Å². The minimum Gasteiger partial charge on any atom is -0.339 e. The van der Waals surface area contributed by atoms with Gasteiger partial charge in [-0.05, 0) is 18.1 Å². The SMILES string of the molecule is CC(C)C(N)C(=O)N1CCN(Cc2ccccn2)CC1. The maximum absolute atomic E-state index is 12.2. The molecule has 1 aliphatic heterocycles. The summed E-state index contributed by atoms with van der Waals surface area (Å²) in [5.74, 6) is 0.270. The first-order chi connectivity index (χ1) is 9.58. The topological polar surface area (TPSA) is 62.5 Å². The Labute approximate surface area is 120 Å². The van der Waals surface area contributed by atoms with E-state index in [4.69, 9.17) is 5.73 Å². The molecule has 1 aliphatic rings. The highest BCUT2D eigenvalue weighted by Crippen LogP contribution is 2.09. The minimum atomic E-state index is -0.377. The molecule has 0 saturated carbocycles. The van der Waals surface area contributed by atoms with Gasteiger partial charge in [-0.1, -0.05) is 19.9 Å². The predicted octanol–water partition coefficient (Wildman–Crippen LogP) is 0.709. The lowest BCUT2D eigenvalue weighted by Crippen LogP contribution is -2.54. The fourth-order valence-corrected chi connectivity index (χ4v) is 2.34. The van der Waals surface area contributed by atoms with Gasteiger partial charge in [-0.3, -0.25) is 14.7 Å². The third-order valence-corrected chi connectivity index (χ3v) is 3.80. The van der Waals surface area contributed by atoms with Gasteiger partial charge in [0.15, 0.2) is 0 Å². The first kappa shape index (κ1) is 14.9. The van der Waals surface area contributed by atoms with E-state index in [0.29, 0.717) is 0 Å². The predicted molar refractivity (Wildman–Crippen MR) is 78.9 cm³/mol. The van der Waals surface area contributed by atoms with E-state index in [1.807, 2.05) is 43.1 Å². The molecule has 2 N–H and O–H groups in total. The Balaban J connectivity index is 1.82. The average molecular weight is 276 g/mol. The second-order valence-electron chi connectivity index (χ2n) is 5.69. The van der Waals surface area contributed by atoms with Crippen LogP contribution in [0.3, 0.4) is 0 Å². The van der Waals surface area contributed by atoms with E-state index in [1.165, 1.54) is 0 Å². The van der Waals surface area contributed by atoms with Gasteiger partial charge in [-0.2, -0.15) is 0 Å². The largest absolute Gasteiger partial charge is 0.339 e. The second-order valence-corrected chi connectivity index (χ2v) is 5.69. The van der Waals surface area contributed by atoms with Gasteiger partial charge in [0.2, 0.25) is 5.91 Å². The van der Waals surface area contributed by atoms with Crippen molar-refractivity contribution in [3.05, 3.63) is 30.1 Å². The summed E-state index contributed by atoms with van der Waals surface area (Å²) >= 11 is 0. The maximum Gasteiger partial charge on any atom is 0.239 e. The lowest BCUT2D eigenvalue weighted by molar-refractivity contribution is -0.135. The van der Waals surface area contributed by atoms with Crippen LogP contribution >= 0.6 is 0 Å². The molecule has 5 heteroatoms. The summed E-state index contributed by atoms with van der Waals surface area (Å²) in [4.78, 5) is 20.7. The zero-order valence-electron chi connectivity index (χ0n) is 12.3. The molecular weight excluding hydrogens is 252 g/mol. The number of carbonyl (C=O) groups is 1. The van der Waals surface area contributed by atoms with Gasteiger partial charge >= 0.3 is 0 Å². The zero-order valence-corrected chi connectivity index (χ0v) is 12.3. The lowest BCUT2D eigenvalue weighted by atomic mass is 10.0. The molecule has 0 bridgehead atoms. The van der Waals surface area contributed by atoms with Crippen LogP contribution in [0.5, 0.6) is 0 Å². The summed E-state index contributed by atoms with van der Waals surface area (Å²) in [5.41, 5.74) is 7.01. The molecule has 2 rings (SSSR count). The average Bonchev–Trinajstić information content (AvgIpc) is 2.47. The Kier molecular flexibility index (Phi) is 5.09. The van der Waals surface area contributed by atoms with Crippen molar-refractivity contribution in [2.45, 2.75) is 26.4 Å². The van der Waals surface area contributed by atoms with Crippen LogP contribution in [-0.4, -0.2) is 52.9 Å². The van der Waals surface area contributed by atoms with Gasteiger partial charge in [0.25, 0.3) is 0 Å². The van der Waals surface area contributed by atoms with Crippen molar-refractivity contribution in [3.8, 4) is 0 Å². The molecule has 1 aromatic heterocycles. The molecule has 1 amide bonds. The van der Waals surface area contributed by atoms with Crippen LogP contribution in [0, 0.1) is 5.92 Å². The van der Waals surface area contributed by atoms with Gasteiger partial charge < -0.3 is 10.6 Å². The van der Waals surface area contributed by atoms with Gasteiger partial charge in [-0.25, -0.2) is 0 Å². The Hall–Kier alpha value is -1.46. The highest BCUT2D eigenvalue weighted by atomic mass is 16.2. The Morgan fingerprint density at radius 3 is 2.55 bits per heavy atom. The molecular formula is C15H24N4O. The van der Waals surface area contributed by atoms with Gasteiger partial charge in [0.05, 0.1) is 11.7 Å². The molecule has 0 aromatic carbocycles. The maximum atomic E-state index is 12.2. The summed E-state index contributed by atoms with van der Waals surface area (Å²) in [6.45, 7) is 8.09. The number of hydrogen-bond acceptors (Lipinski definition) is 4. The summed E-state index contributed by atoms with van der Waals surface area (Å²) < 4.78 is 0. The number of carbonyl (C=O) groups excluding carboxylic acids is 1. The fraction of sp³-hybridized carbons (Fsp3) is 0.600. The van der Waals surface area contributed by atoms with E-state index < -0.39 is 0 Å². The molecule has 1 aromatic rings. The quantitative estimate of drug-likeness (QED) is 0.880. The highest BCUT2D eigenvalue weighted by molar-refractivity contribution is 5.82. The molecule has 2 heterocycles. The normalized spacial score (nSPS) is 18.3. The van der Waals surface area contributed by atoms with Crippen molar-refractivity contribution < 1.29 is 4.79 Å². The summed E-state index contributed by atoms with van der Waals surface area (Å²) in [7, 11) is 0. The Morgan fingerprint density at radius 1 is 1.30 bits per heavy atom. The van der Waals surface area contributed by atoms with Crippen molar-refractivity contribution >= 4 is 5.91 Å². The summed E-state index contributed by atoms with van der Waals surface area (Å²) in [5, 5.41) is 0.